The molecular weight excluding hydrogens is 582 g/mol. The summed E-state index contributed by atoms with van der Waals surface area (Å²) in [6, 6.07) is 15.7. The highest BCUT2D eigenvalue weighted by Crippen LogP contribution is 2.43. The van der Waals surface area contributed by atoms with Gasteiger partial charge in [0, 0.05) is 50.1 Å². The Hall–Kier alpha value is -4.34. The normalized spacial score (nSPS) is 22.7. The van der Waals surface area contributed by atoms with Gasteiger partial charge in [-0.3, -0.25) is 19.3 Å². The number of likely N-dealkylation sites (N-methyl/N-ethyl adjacent to an activating group) is 1. The number of hydrogen-bond acceptors (Lipinski definition) is 5. The molecule has 0 spiro atoms. The zero-order valence-electron chi connectivity index (χ0n) is 27.0. The second-order valence-corrected chi connectivity index (χ2v) is 13.2. The van der Waals surface area contributed by atoms with Crippen LogP contribution in [-0.4, -0.2) is 87.8 Å². The summed E-state index contributed by atoms with van der Waals surface area (Å²) in [5.74, 6) is -0.514. The van der Waals surface area contributed by atoms with Crippen molar-refractivity contribution in [2.24, 2.45) is 5.92 Å². The van der Waals surface area contributed by atoms with Crippen molar-refractivity contribution in [3.8, 4) is 0 Å². The van der Waals surface area contributed by atoms with Gasteiger partial charge in [0.1, 0.15) is 18.7 Å². The Morgan fingerprint density at radius 1 is 0.978 bits per heavy atom. The molecule has 3 aromatic rings. The summed E-state index contributed by atoms with van der Waals surface area (Å²) in [7, 11) is 1.54. The third-order valence-electron chi connectivity index (χ3n) is 10.5. The zero-order valence-corrected chi connectivity index (χ0v) is 27.0. The molecule has 4 amide bonds. The van der Waals surface area contributed by atoms with E-state index in [2.05, 4.69) is 16.4 Å². The molecule has 0 bridgehead atoms. The Morgan fingerprint density at radius 2 is 1.70 bits per heavy atom. The lowest BCUT2D eigenvalue weighted by Gasteiger charge is -2.37. The summed E-state index contributed by atoms with van der Waals surface area (Å²) in [6.45, 7) is 4.43. The molecular formula is C36H45N5O5. The summed E-state index contributed by atoms with van der Waals surface area (Å²) in [4.78, 5) is 62.6. The molecule has 0 unspecified atom stereocenters. The van der Waals surface area contributed by atoms with Crippen LogP contribution in [-0.2, 0) is 25.7 Å². The average Bonchev–Trinajstić information content (AvgIpc) is 3.80. The van der Waals surface area contributed by atoms with Crippen molar-refractivity contribution < 1.29 is 23.9 Å². The molecule has 6 rings (SSSR count). The van der Waals surface area contributed by atoms with Gasteiger partial charge in [-0.05, 0) is 49.3 Å². The number of carbonyl (C=O) groups excluding carboxylic acids is 4. The van der Waals surface area contributed by atoms with Crippen LogP contribution in [0.5, 0.6) is 0 Å². The number of aromatic amines is 1. The van der Waals surface area contributed by atoms with E-state index in [0.29, 0.717) is 19.5 Å². The van der Waals surface area contributed by atoms with E-state index < -0.39 is 18.2 Å². The van der Waals surface area contributed by atoms with Crippen LogP contribution in [0.15, 0.2) is 60.8 Å². The molecule has 2 saturated heterocycles. The van der Waals surface area contributed by atoms with Crippen molar-refractivity contribution in [3.63, 3.8) is 0 Å². The van der Waals surface area contributed by atoms with Gasteiger partial charge in [-0.15, -0.1) is 0 Å². The molecule has 10 nitrogen and oxygen atoms in total. The monoisotopic (exact) mass is 627 g/mol. The zero-order chi connectivity index (χ0) is 32.4. The average molecular weight is 628 g/mol. The maximum atomic E-state index is 14.7. The summed E-state index contributed by atoms with van der Waals surface area (Å²) >= 11 is 0. The van der Waals surface area contributed by atoms with Crippen LogP contribution in [0.3, 0.4) is 0 Å². The summed E-state index contributed by atoms with van der Waals surface area (Å²) < 4.78 is 5.46. The number of H-pyrrole nitrogens is 1. The second-order valence-electron chi connectivity index (χ2n) is 13.2. The predicted octanol–water partition coefficient (Wildman–Crippen LogP) is 4.81. The number of aromatic nitrogens is 1. The maximum Gasteiger partial charge on any atom is 0.410 e. The lowest BCUT2D eigenvalue weighted by molar-refractivity contribution is -0.140. The van der Waals surface area contributed by atoms with E-state index >= 15 is 0 Å². The topological polar surface area (TPSA) is 115 Å². The molecule has 0 radical (unpaired) electrons. The fourth-order valence-electron chi connectivity index (χ4n) is 7.84. The van der Waals surface area contributed by atoms with Crippen molar-refractivity contribution in [1.29, 1.82) is 0 Å². The molecule has 2 aliphatic heterocycles. The minimum absolute atomic E-state index is 0.00337. The van der Waals surface area contributed by atoms with Gasteiger partial charge in [0.05, 0.1) is 12.1 Å². The molecule has 2 aromatic carbocycles. The number of nitrogens with one attached hydrogen (secondary N) is 2. The molecule has 1 aromatic heterocycles. The minimum atomic E-state index is -0.841. The lowest BCUT2D eigenvalue weighted by Crippen LogP contribution is -2.58. The van der Waals surface area contributed by atoms with Crippen LogP contribution < -0.4 is 5.32 Å². The quantitative estimate of drug-likeness (QED) is 0.372. The van der Waals surface area contributed by atoms with Gasteiger partial charge in [-0.25, -0.2) is 4.79 Å². The molecule has 3 aliphatic rings. The van der Waals surface area contributed by atoms with Gasteiger partial charge < -0.3 is 24.8 Å². The van der Waals surface area contributed by atoms with E-state index in [-0.39, 0.29) is 48.2 Å². The highest BCUT2D eigenvalue weighted by molar-refractivity contribution is 5.92. The van der Waals surface area contributed by atoms with Gasteiger partial charge in [0.15, 0.2) is 0 Å². The van der Waals surface area contributed by atoms with Crippen molar-refractivity contribution >= 4 is 34.7 Å². The molecule has 2 N–H and O–H groups in total. The fraction of sp³-hybridized carbons (Fsp3) is 0.500. The largest absolute Gasteiger partial charge is 0.445 e. The first kappa shape index (κ1) is 31.6. The molecule has 3 heterocycles. The molecule has 10 heteroatoms. The molecule has 244 valence electrons. The molecule has 46 heavy (non-hydrogen) atoms. The molecule has 3 fully saturated rings. The number of amides is 4. The Labute approximate surface area is 270 Å². The number of carbonyl (C=O) groups is 4. The van der Waals surface area contributed by atoms with E-state index in [9.17, 15) is 19.2 Å². The number of ether oxygens (including phenoxy) is 1. The third kappa shape index (κ3) is 6.22. The first-order valence-corrected chi connectivity index (χ1v) is 16.6. The third-order valence-corrected chi connectivity index (χ3v) is 10.5. The Balaban J connectivity index is 1.22. The number of benzene rings is 2. The van der Waals surface area contributed by atoms with E-state index in [1.54, 1.807) is 20.9 Å². The standard InChI is InChI=1S/C36H45N5O5/c1-23(39(3)36(45)46-22-25-12-6-4-7-13-25)34(43)38-32(26-14-8-5-9-15-26)35(44)40-19-18-31-33(40)29(21-41(31)24(2)42)28-20-37-30-17-11-10-16-27(28)30/h4,6-7,10-13,16-17,20,23,26,29,31-33,37H,5,8-9,14-15,18-19,21-22H2,1-3H3,(H,38,43)/t23-,29-,31+,32-,33+/m0/s1. The summed E-state index contributed by atoms with van der Waals surface area (Å²) in [5.41, 5.74) is 2.99. The second kappa shape index (κ2) is 13.6. The van der Waals surface area contributed by atoms with Crippen LogP contribution in [0.25, 0.3) is 10.9 Å². The Bertz CT molecular complexity index is 1570. The van der Waals surface area contributed by atoms with E-state index in [1.807, 2.05) is 64.5 Å². The number of nitrogens with zero attached hydrogens (tertiary/aromatic N) is 3. The predicted molar refractivity (Wildman–Crippen MR) is 175 cm³/mol. The summed E-state index contributed by atoms with van der Waals surface area (Å²) in [6.07, 6.45) is 6.95. The minimum Gasteiger partial charge on any atom is -0.445 e. The van der Waals surface area contributed by atoms with E-state index in [4.69, 9.17) is 4.74 Å². The Kier molecular flexibility index (Phi) is 9.33. The van der Waals surface area contributed by atoms with Crippen molar-refractivity contribution in [1.82, 2.24) is 25.0 Å². The number of hydrogen-bond donors (Lipinski definition) is 2. The van der Waals surface area contributed by atoms with E-state index in [1.165, 1.54) is 4.90 Å². The van der Waals surface area contributed by atoms with Crippen LogP contribution in [0.4, 0.5) is 4.79 Å². The van der Waals surface area contributed by atoms with Crippen molar-refractivity contribution in [3.05, 3.63) is 71.9 Å². The summed E-state index contributed by atoms with van der Waals surface area (Å²) in [5, 5.41) is 4.20. The molecule has 5 atom stereocenters. The maximum absolute atomic E-state index is 14.7. The number of likely N-dealkylation sites (tertiary alicyclic amines) is 2. The van der Waals surface area contributed by atoms with Gasteiger partial charge in [-0.1, -0.05) is 67.8 Å². The van der Waals surface area contributed by atoms with E-state index in [0.717, 1.165) is 54.1 Å². The van der Waals surface area contributed by atoms with Crippen LogP contribution in [0, 0.1) is 5.92 Å². The van der Waals surface area contributed by atoms with Gasteiger partial charge in [-0.2, -0.15) is 0 Å². The smallest absolute Gasteiger partial charge is 0.410 e. The fourth-order valence-corrected chi connectivity index (χ4v) is 7.84. The number of para-hydroxylation sites is 1. The lowest BCUT2D eigenvalue weighted by atomic mass is 9.82. The van der Waals surface area contributed by atoms with Gasteiger partial charge >= 0.3 is 6.09 Å². The number of rotatable bonds is 8. The molecule has 1 aliphatic carbocycles. The number of fused-ring (bicyclic) bond motifs is 2. The van der Waals surface area contributed by atoms with Gasteiger partial charge in [0.2, 0.25) is 17.7 Å². The van der Waals surface area contributed by atoms with Gasteiger partial charge in [0.25, 0.3) is 0 Å². The van der Waals surface area contributed by atoms with Crippen LogP contribution in [0.2, 0.25) is 0 Å². The first-order valence-electron chi connectivity index (χ1n) is 16.6. The highest BCUT2D eigenvalue weighted by atomic mass is 16.6. The van der Waals surface area contributed by atoms with Crippen molar-refractivity contribution in [2.45, 2.75) is 89.1 Å². The van der Waals surface area contributed by atoms with Crippen LogP contribution in [0.1, 0.15) is 69.4 Å². The Morgan fingerprint density at radius 3 is 2.43 bits per heavy atom. The highest BCUT2D eigenvalue weighted by Gasteiger charge is 2.53. The first-order chi connectivity index (χ1) is 22.2. The van der Waals surface area contributed by atoms with Crippen LogP contribution >= 0.6 is 0 Å². The SMILES string of the molecule is CC(=O)N1C[C@@H](c2c[nH]c3ccccc23)[C@@H]2[C@H]1CCN2C(=O)[C@@H](NC(=O)[C@H](C)N(C)C(=O)OCc1ccccc1)C1CCCCC1. The molecule has 1 saturated carbocycles. The van der Waals surface area contributed by atoms with Crippen molar-refractivity contribution in [2.75, 3.05) is 20.1 Å².